The third-order valence-electron chi connectivity index (χ3n) is 4.00. The molecule has 4 nitrogen and oxygen atoms in total. The molecule has 0 unspecified atom stereocenters. The number of aliphatic hydroxyl groups is 1. The summed E-state index contributed by atoms with van der Waals surface area (Å²) in [5.74, 6) is 0.502. The highest BCUT2D eigenvalue weighted by atomic mass is 16.6. The summed E-state index contributed by atoms with van der Waals surface area (Å²) in [7, 11) is 0. The highest BCUT2D eigenvalue weighted by Gasteiger charge is 2.27. The van der Waals surface area contributed by atoms with Crippen molar-refractivity contribution in [1.29, 1.82) is 0 Å². The minimum Gasteiger partial charge on any atom is -0.444 e. The molecule has 1 aliphatic heterocycles. The molecule has 1 amide bonds. The number of nitrogens with zero attached hydrogens (tertiary/aromatic N) is 1. The smallest absolute Gasteiger partial charge is 0.410 e. The zero-order chi connectivity index (χ0) is 16.2. The Labute approximate surface area is 133 Å². The lowest BCUT2D eigenvalue weighted by atomic mass is 9.89. The quantitative estimate of drug-likeness (QED) is 0.932. The molecular formula is C18H27NO3. The van der Waals surface area contributed by atoms with E-state index in [-0.39, 0.29) is 12.7 Å². The molecule has 1 aromatic rings. The van der Waals surface area contributed by atoms with Gasteiger partial charge in [0.15, 0.2) is 0 Å². The van der Waals surface area contributed by atoms with Crippen molar-refractivity contribution in [3.63, 3.8) is 0 Å². The summed E-state index contributed by atoms with van der Waals surface area (Å²) < 4.78 is 5.42. The standard InChI is InChI=1S/C18H27NO3/c1-18(2,3)22-17(21)19-11-8-16(9-12-19)15-6-4-14(5-7-15)10-13-20/h4-7,16,20H,8-13H2,1-3H3. The summed E-state index contributed by atoms with van der Waals surface area (Å²) >= 11 is 0. The van der Waals surface area contributed by atoms with Crippen LogP contribution in [0.3, 0.4) is 0 Å². The second kappa shape index (κ2) is 7.14. The molecule has 1 aromatic carbocycles. The van der Waals surface area contributed by atoms with Crippen LogP contribution in [0.15, 0.2) is 24.3 Å². The Morgan fingerprint density at radius 2 is 1.82 bits per heavy atom. The molecule has 2 rings (SSSR count). The number of ether oxygens (including phenoxy) is 1. The number of hydrogen-bond donors (Lipinski definition) is 1. The van der Waals surface area contributed by atoms with E-state index in [9.17, 15) is 4.79 Å². The molecule has 0 bridgehead atoms. The maximum atomic E-state index is 12.1. The van der Waals surface area contributed by atoms with E-state index in [0.717, 1.165) is 31.5 Å². The van der Waals surface area contributed by atoms with Gasteiger partial charge in [-0.3, -0.25) is 0 Å². The summed E-state index contributed by atoms with van der Waals surface area (Å²) in [4.78, 5) is 13.9. The van der Waals surface area contributed by atoms with Crippen molar-refractivity contribution < 1.29 is 14.6 Å². The molecule has 0 atom stereocenters. The lowest BCUT2D eigenvalue weighted by Crippen LogP contribution is -2.41. The average molecular weight is 305 g/mol. The second-order valence-corrected chi connectivity index (χ2v) is 6.96. The first-order valence-electron chi connectivity index (χ1n) is 8.06. The molecule has 4 heteroatoms. The molecule has 1 fully saturated rings. The van der Waals surface area contributed by atoms with E-state index in [1.807, 2.05) is 25.7 Å². The Balaban J connectivity index is 1.87. The lowest BCUT2D eigenvalue weighted by Gasteiger charge is -2.33. The minimum absolute atomic E-state index is 0.188. The van der Waals surface area contributed by atoms with Crippen molar-refractivity contribution in [2.24, 2.45) is 0 Å². The van der Waals surface area contributed by atoms with Crippen LogP contribution in [0.2, 0.25) is 0 Å². The number of likely N-dealkylation sites (tertiary alicyclic amines) is 1. The highest BCUT2D eigenvalue weighted by Crippen LogP contribution is 2.29. The van der Waals surface area contributed by atoms with Gasteiger partial charge in [0.2, 0.25) is 0 Å². The van der Waals surface area contributed by atoms with Gasteiger partial charge in [-0.2, -0.15) is 0 Å². The largest absolute Gasteiger partial charge is 0.444 e. The van der Waals surface area contributed by atoms with Crippen LogP contribution in [0, 0.1) is 0 Å². The van der Waals surface area contributed by atoms with Crippen LogP contribution in [0.4, 0.5) is 4.79 Å². The molecule has 1 N–H and O–H groups in total. The predicted molar refractivity (Wildman–Crippen MR) is 87.0 cm³/mol. The van der Waals surface area contributed by atoms with E-state index >= 15 is 0 Å². The first kappa shape index (κ1) is 16.8. The van der Waals surface area contributed by atoms with E-state index in [4.69, 9.17) is 9.84 Å². The molecule has 22 heavy (non-hydrogen) atoms. The van der Waals surface area contributed by atoms with Gasteiger partial charge in [0.25, 0.3) is 0 Å². The van der Waals surface area contributed by atoms with E-state index in [2.05, 4.69) is 24.3 Å². The Bertz CT molecular complexity index is 482. The molecule has 0 aliphatic carbocycles. The van der Waals surface area contributed by atoms with Gasteiger partial charge in [0, 0.05) is 19.7 Å². The van der Waals surface area contributed by atoms with Gasteiger partial charge in [0.1, 0.15) is 5.60 Å². The molecule has 1 saturated heterocycles. The number of rotatable bonds is 3. The number of carbonyl (C=O) groups excluding carboxylic acids is 1. The van der Waals surface area contributed by atoms with Crippen LogP contribution in [0.25, 0.3) is 0 Å². The van der Waals surface area contributed by atoms with Crippen LogP contribution in [0.1, 0.15) is 50.7 Å². The third-order valence-corrected chi connectivity index (χ3v) is 4.00. The van der Waals surface area contributed by atoms with Crippen LogP contribution < -0.4 is 0 Å². The number of carbonyl (C=O) groups is 1. The van der Waals surface area contributed by atoms with Gasteiger partial charge < -0.3 is 14.7 Å². The van der Waals surface area contributed by atoms with Crippen molar-refractivity contribution in [2.75, 3.05) is 19.7 Å². The van der Waals surface area contributed by atoms with Crippen molar-refractivity contribution >= 4 is 6.09 Å². The normalized spacial score (nSPS) is 16.6. The summed E-state index contributed by atoms with van der Waals surface area (Å²) in [5.41, 5.74) is 2.05. The fourth-order valence-corrected chi connectivity index (χ4v) is 2.81. The zero-order valence-corrected chi connectivity index (χ0v) is 13.8. The SMILES string of the molecule is CC(C)(C)OC(=O)N1CCC(c2ccc(CCO)cc2)CC1. The lowest BCUT2D eigenvalue weighted by molar-refractivity contribution is 0.0205. The molecule has 122 valence electrons. The number of benzene rings is 1. The van der Waals surface area contributed by atoms with E-state index < -0.39 is 5.60 Å². The fourth-order valence-electron chi connectivity index (χ4n) is 2.81. The summed E-state index contributed by atoms with van der Waals surface area (Å²) in [5, 5.41) is 8.95. The monoisotopic (exact) mass is 305 g/mol. The maximum Gasteiger partial charge on any atom is 0.410 e. The first-order chi connectivity index (χ1) is 10.4. The van der Waals surface area contributed by atoms with Gasteiger partial charge in [0.05, 0.1) is 0 Å². The van der Waals surface area contributed by atoms with Crippen molar-refractivity contribution in [3.8, 4) is 0 Å². The second-order valence-electron chi connectivity index (χ2n) is 6.96. The molecule has 0 spiro atoms. The van der Waals surface area contributed by atoms with Crippen molar-refractivity contribution in [1.82, 2.24) is 4.90 Å². The zero-order valence-electron chi connectivity index (χ0n) is 13.8. The predicted octanol–water partition coefficient (Wildman–Crippen LogP) is 3.34. The summed E-state index contributed by atoms with van der Waals surface area (Å²) in [6, 6.07) is 8.48. The van der Waals surface area contributed by atoms with Gasteiger partial charge in [-0.15, -0.1) is 0 Å². The van der Waals surface area contributed by atoms with E-state index in [0.29, 0.717) is 12.3 Å². The topological polar surface area (TPSA) is 49.8 Å². The molecule has 0 radical (unpaired) electrons. The molecular weight excluding hydrogens is 278 g/mol. The number of piperidine rings is 1. The van der Waals surface area contributed by atoms with Crippen LogP contribution in [-0.2, 0) is 11.2 Å². The molecule has 0 saturated carbocycles. The molecule has 1 aliphatic rings. The van der Waals surface area contributed by atoms with Gasteiger partial charge in [-0.1, -0.05) is 24.3 Å². The average Bonchev–Trinajstić information content (AvgIpc) is 2.47. The first-order valence-corrected chi connectivity index (χ1v) is 8.06. The van der Waals surface area contributed by atoms with Gasteiger partial charge in [-0.25, -0.2) is 4.79 Å². The van der Waals surface area contributed by atoms with Crippen molar-refractivity contribution in [3.05, 3.63) is 35.4 Å². The minimum atomic E-state index is -0.434. The van der Waals surface area contributed by atoms with Gasteiger partial charge >= 0.3 is 6.09 Å². The highest BCUT2D eigenvalue weighted by molar-refractivity contribution is 5.68. The van der Waals surface area contributed by atoms with Crippen LogP contribution in [0.5, 0.6) is 0 Å². The van der Waals surface area contributed by atoms with Gasteiger partial charge in [-0.05, 0) is 57.1 Å². The third kappa shape index (κ3) is 4.73. The summed E-state index contributed by atoms with van der Waals surface area (Å²) in [6.45, 7) is 7.37. The summed E-state index contributed by atoms with van der Waals surface area (Å²) in [6.07, 6.45) is 2.44. The van der Waals surface area contributed by atoms with Crippen molar-refractivity contribution in [2.45, 2.75) is 51.6 Å². The fraction of sp³-hybridized carbons (Fsp3) is 0.611. The maximum absolute atomic E-state index is 12.1. The van der Waals surface area contributed by atoms with E-state index in [1.54, 1.807) is 0 Å². The Hall–Kier alpha value is -1.55. The number of aliphatic hydroxyl groups excluding tert-OH is 1. The Morgan fingerprint density at radius 1 is 1.23 bits per heavy atom. The Kier molecular flexibility index (Phi) is 5.46. The Morgan fingerprint density at radius 3 is 2.32 bits per heavy atom. The van der Waals surface area contributed by atoms with Crippen LogP contribution in [-0.4, -0.2) is 41.4 Å². The molecule has 0 aromatic heterocycles. The van der Waals surface area contributed by atoms with Crippen LogP contribution >= 0.6 is 0 Å². The number of hydrogen-bond acceptors (Lipinski definition) is 3. The molecule has 1 heterocycles. The van der Waals surface area contributed by atoms with E-state index in [1.165, 1.54) is 5.56 Å². The number of amides is 1.